The molecule has 0 atom stereocenters. The monoisotopic (exact) mass is 216 g/mol. The Balaban J connectivity index is 2.27. The van der Waals surface area contributed by atoms with Gasteiger partial charge in [-0.25, -0.2) is 0 Å². The van der Waals surface area contributed by atoms with Crippen molar-refractivity contribution in [2.75, 3.05) is 0 Å². The number of hydrogen-bond donors (Lipinski definition) is 1. The van der Waals surface area contributed by atoms with Crippen LogP contribution in [-0.4, -0.2) is 5.11 Å². The lowest BCUT2D eigenvalue weighted by Gasteiger charge is -2.31. The van der Waals surface area contributed by atoms with E-state index in [-0.39, 0.29) is 0 Å². The first-order valence-corrected chi connectivity index (χ1v) is 5.94. The maximum atomic E-state index is 10.3. The minimum absolute atomic E-state index is 0.630. The Labute approximate surface area is 87.4 Å². The van der Waals surface area contributed by atoms with E-state index in [1.807, 2.05) is 11.4 Å². The molecule has 13 heavy (non-hydrogen) atoms. The smallest absolute Gasteiger partial charge is 0.0989 e. The minimum Gasteiger partial charge on any atom is -0.385 e. The number of rotatable bonds is 1. The van der Waals surface area contributed by atoms with E-state index >= 15 is 0 Å². The van der Waals surface area contributed by atoms with E-state index in [4.69, 9.17) is 11.6 Å². The molecular formula is C10H13ClOS. The molecule has 1 fully saturated rings. The number of aliphatic hydroxyl groups is 1. The van der Waals surface area contributed by atoms with Crippen LogP contribution < -0.4 is 0 Å². The van der Waals surface area contributed by atoms with Gasteiger partial charge in [0.05, 0.1) is 9.94 Å². The van der Waals surface area contributed by atoms with Crippen molar-refractivity contribution in [1.82, 2.24) is 0 Å². The van der Waals surface area contributed by atoms with Crippen molar-refractivity contribution in [2.45, 2.75) is 37.7 Å². The second-order valence-corrected chi connectivity index (χ2v) is 5.22. The van der Waals surface area contributed by atoms with Gasteiger partial charge in [-0.05, 0) is 24.3 Å². The van der Waals surface area contributed by atoms with Gasteiger partial charge in [0, 0.05) is 5.56 Å². The Morgan fingerprint density at radius 3 is 2.54 bits per heavy atom. The third-order valence-electron chi connectivity index (χ3n) is 2.80. The van der Waals surface area contributed by atoms with Gasteiger partial charge >= 0.3 is 0 Å². The summed E-state index contributed by atoms with van der Waals surface area (Å²) in [7, 11) is 0. The molecule has 0 saturated heterocycles. The largest absolute Gasteiger partial charge is 0.385 e. The molecule has 1 heterocycles. The van der Waals surface area contributed by atoms with Crippen LogP contribution in [0.4, 0.5) is 0 Å². The molecule has 1 saturated carbocycles. The Morgan fingerprint density at radius 1 is 1.31 bits per heavy atom. The van der Waals surface area contributed by atoms with Crippen molar-refractivity contribution >= 4 is 22.9 Å². The SMILES string of the molecule is OC1(c2ccsc2Cl)CCCCC1. The zero-order valence-corrected chi connectivity index (χ0v) is 9.00. The van der Waals surface area contributed by atoms with Gasteiger partial charge in [0.1, 0.15) is 0 Å². The maximum Gasteiger partial charge on any atom is 0.0989 e. The van der Waals surface area contributed by atoms with E-state index in [9.17, 15) is 5.11 Å². The molecule has 1 aliphatic carbocycles. The van der Waals surface area contributed by atoms with Crippen LogP contribution in [0.25, 0.3) is 0 Å². The molecule has 3 heteroatoms. The summed E-state index contributed by atoms with van der Waals surface area (Å²) in [6.07, 6.45) is 5.20. The fourth-order valence-corrected chi connectivity index (χ4v) is 3.14. The van der Waals surface area contributed by atoms with Gasteiger partial charge < -0.3 is 5.11 Å². The van der Waals surface area contributed by atoms with Crippen LogP contribution in [0.15, 0.2) is 11.4 Å². The fraction of sp³-hybridized carbons (Fsp3) is 0.600. The fourth-order valence-electron chi connectivity index (χ4n) is 2.03. The van der Waals surface area contributed by atoms with Crippen LogP contribution in [0.3, 0.4) is 0 Å². The molecule has 0 amide bonds. The Bertz CT molecular complexity index is 289. The summed E-state index contributed by atoms with van der Waals surface area (Å²) in [5.74, 6) is 0. The third-order valence-corrected chi connectivity index (χ3v) is 3.97. The van der Waals surface area contributed by atoms with Gasteiger partial charge in [-0.2, -0.15) is 0 Å². The normalized spacial score (nSPS) is 21.7. The number of halogens is 1. The molecule has 0 aliphatic heterocycles. The van der Waals surface area contributed by atoms with Gasteiger partial charge in [-0.3, -0.25) is 0 Å². The second kappa shape index (κ2) is 3.60. The van der Waals surface area contributed by atoms with Gasteiger partial charge in [0.25, 0.3) is 0 Å². The Kier molecular flexibility index (Phi) is 2.63. The molecule has 72 valence electrons. The summed E-state index contributed by atoms with van der Waals surface area (Å²) in [6, 6.07) is 1.96. The number of hydrogen-bond acceptors (Lipinski definition) is 2. The van der Waals surface area contributed by atoms with Crippen LogP contribution >= 0.6 is 22.9 Å². The average Bonchev–Trinajstić information content (AvgIpc) is 2.53. The van der Waals surface area contributed by atoms with E-state index in [1.165, 1.54) is 17.8 Å². The van der Waals surface area contributed by atoms with Crippen molar-refractivity contribution in [3.05, 3.63) is 21.3 Å². The molecule has 1 N–H and O–H groups in total. The first-order valence-electron chi connectivity index (χ1n) is 4.68. The highest BCUT2D eigenvalue weighted by atomic mass is 35.5. The highest BCUT2D eigenvalue weighted by molar-refractivity contribution is 7.14. The van der Waals surface area contributed by atoms with Crippen LogP contribution in [0.1, 0.15) is 37.7 Å². The van der Waals surface area contributed by atoms with E-state index < -0.39 is 5.60 Å². The molecule has 1 aromatic rings. The summed E-state index contributed by atoms with van der Waals surface area (Å²) in [5.41, 5.74) is 0.314. The topological polar surface area (TPSA) is 20.2 Å². The lowest BCUT2D eigenvalue weighted by Crippen LogP contribution is -2.28. The van der Waals surface area contributed by atoms with Gasteiger partial charge in [-0.1, -0.05) is 30.9 Å². The Hall–Kier alpha value is -0.0500. The molecule has 0 unspecified atom stereocenters. The van der Waals surface area contributed by atoms with E-state index in [1.54, 1.807) is 0 Å². The second-order valence-electron chi connectivity index (χ2n) is 3.70. The molecule has 0 bridgehead atoms. The highest BCUT2D eigenvalue weighted by Crippen LogP contribution is 2.41. The maximum absolute atomic E-state index is 10.3. The van der Waals surface area contributed by atoms with Crippen molar-refractivity contribution in [2.24, 2.45) is 0 Å². The summed E-state index contributed by atoms with van der Waals surface area (Å²) >= 11 is 7.52. The van der Waals surface area contributed by atoms with Crippen LogP contribution in [0.5, 0.6) is 0 Å². The zero-order chi connectivity index (χ0) is 9.31. The predicted molar refractivity (Wildman–Crippen MR) is 56.3 cm³/mol. The molecular weight excluding hydrogens is 204 g/mol. The van der Waals surface area contributed by atoms with E-state index in [0.717, 1.165) is 35.6 Å². The summed E-state index contributed by atoms with van der Waals surface area (Å²) in [4.78, 5) is 0. The minimum atomic E-state index is -0.630. The zero-order valence-electron chi connectivity index (χ0n) is 7.42. The summed E-state index contributed by atoms with van der Waals surface area (Å²) < 4.78 is 0.754. The summed E-state index contributed by atoms with van der Waals surface area (Å²) in [6.45, 7) is 0. The average molecular weight is 217 g/mol. The van der Waals surface area contributed by atoms with Crippen LogP contribution in [0.2, 0.25) is 4.34 Å². The van der Waals surface area contributed by atoms with Gasteiger partial charge in [-0.15, -0.1) is 11.3 Å². The highest BCUT2D eigenvalue weighted by Gasteiger charge is 2.33. The first-order chi connectivity index (χ1) is 6.22. The van der Waals surface area contributed by atoms with Gasteiger partial charge in [0.15, 0.2) is 0 Å². The molecule has 0 radical (unpaired) electrons. The molecule has 2 rings (SSSR count). The predicted octanol–water partition coefficient (Wildman–Crippen LogP) is 3.55. The summed E-state index contributed by atoms with van der Waals surface area (Å²) in [5, 5.41) is 12.3. The molecule has 0 aromatic carbocycles. The Morgan fingerprint density at radius 2 is 2.00 bits per heavy atom. The van der Waals surface area contributed by atoms with Crippen LogP contribution in [0, 0.1) is 0 Å². The third kappa shape index (κ3) is 1.76. The first kappa shape index (κ1) is 9.50. The van der Waals surface area contributed by atoms with Crippen molar-refractivity contribution in [1.29, 1.82) is 0 Å². The van der Waals surface area contributed by atoms with Crippen molar-refractivity contribution < 1.29 is 5.11 Å². The van der Waals surface area contributed by atoms with E-state index in [2.05, 4.69) is 0 Å². The molecule has 1 nitrogen and oxygen atoms in total. The molecule has 0 spiro atoms. The van der Waals surface area contributed by atoms with Crippen molar-refractivity contribution in [3.63, 3.8) is 0 Å². The number of thiophene rings is 1. The van der Waals surface area contributed by atoms with Crippen molar-refractivity contribution in [3.8, 4) is 0 Å². The standard InChI is InChI=1S/C10H13ClOS/c11-9-8(4-7-13-9)10(12)5-2-1-3-6-10/h4,7,12H,1-3,5-6H2. The van der Waals surface area contributed by atoms with Crippen LogP contribution in [-0.2, 0) is 5.60 Å². The lowest BCUT2D eigenvalue weighted by atomic mass is 9.81. The molecule has 1 aromatic heterocycles. The van der Waals surface area contributed by atoms with Gasteiger partial charge in [0.2, 0.25) is 0 Å². The quantitative estimate of drug-likeness (QED) is 0.761. The molecule has 1 aliphatic rings. The lowest BCUT2D eigenvalue weighted by molar-refractivity contribution is -0.000142. The van der Waals surface area contributed by atoms with E-state index in [0.29, 0.717) is 0 Å².